The average Bonchev–Trinajstić information content (AvgIpc) is 3.01. The van der Waals surface area contributed by atoms with Crippen molar-refractivity contribution in [2.24, 2.45) is 0 Å². The van der Waals surface area contributed by atoms with Crippen molar-refractivity contribution in [2.75, 3.05) is 5.32 Å². The number of thiophene rings is 1. The molecule has 128 valence electrons. The minimum atomic E-state index is -0.225. The van der Waals surface area contributed by atoms with E-state index in [1.165, 1.54) is 11.3 Å². The van der Waals surface area contributed by atoms with Gasteiger partial charge in [0.1, 0.15) is 12.4 Å². The van der Waals surface area contributed by atoms with E-state index in [1.807, 2.05) is 17.5 Å². The summed E-state index contributed by atoms with van der Waals surface area (Å²) in [5.74, 6) is 0.454. The molecular formula is C18H12Cl3NO2S. The van der Waals surface area contributed by atoms with Gasteiger partial charge in [0.2, 0.25) is 0 Å². The fraction of sp³-hybridized carbons (Fsp3) is 0.0556. The van der Waals surface area contributed by atoms with E-state index in [1.54, 1.807) is 36.4 Å². The van der Waals surface area contributed by atoms with Crippen molar-refractivity contribution in [1.82, 2.24) is 0 Å². The van der Waals surface area contributed by atoms with Crippen LogP contribution in [0.2, 0.25) is 15.1 Å². The van der Waals surface area contributed by atoms with Gasteiger partial charge in [-0.25, -0.2) is 0 Å². The summed E-state index contributed by atoms with van der Waals surface area (Å²) in [7, 11) is 0. The van der Waals surface area contributed by atoms with Crippen molar-refractivity contribution in [3.8, 4) is 5.75 Å². The van der Waals surface area contributed by atoms with Crippen LogP contribution in [0.5, 0.6) is 5.75 Å². The van der Waals surface area contributed by atoms with Crippen LogP contribution in [-0.4, -0.2) is 5.91 Å². The zero-order chi connectivity index (χ0) is 17.8. The first kappa shape index (κ1) is 18.1. The number of ether oxygens (including phenoxy) is 1. The van der Waals surface area contributed by atoms with Gasteiger partial charge in [0.05, 0.1) is 4.88 Å². The molecule has 1 N–H and O–H groups in total. The predicted octanol–water partition coefficient (Wildman–Crippen LogP) is 6.54. The van der Waals surface area contributed by atoms with Crippen LogP contribution < -0.4 is 10.1 Å². The molecule has 0 fully saturated rings. The van der Waals surface area contributed by atoms with E-state index >= 15 is 0 Å². The Bertz CT molecular complexity index is 891. The third-order valence-corrected chi connectivity index (χ3v) is 4.85. The van der Waals surface area contributed by atoms with Crippen molar-refractivity contribution < 1.29 is 9.53 Å². The fourth-order valence-electron chi connectivity index (χ4n) is 2.11. The zero-order valence-corrected chi connectivity index (χ0v) is 15.8. The van der Waals surface area contributed by atoms with E-state index in [0.717, 1.165) is 5.56 Å². The summed E-state index contributed by atoms with van der Waals surface area (Å²) in [6.07, 6.45) is 0. The highest BCUT2D eigenvalue weighted by molar-refractivity contribution is 7.12. The van der Waals surface area contributed by atoms with Crippen LogP contribution in [-0.2, 0) is 6.61 Å². The second-order valence-electron chi connectivity index (χ2n) is 5.18. The maximum absolute atomic E-state index is 12.3. The topological polar surface area (TPSA) is 38.3 Å². The first-order chi connectivity index (χ1) is 12.0. The van der Waals surface area contributed by atoms with Crippen LogP contribution in [0.4, 0.5) is 5.69 Å². The Hall–Kier alpha value is -1.72. The van der Waals surface area contributed by atoms with Gasteiger partial charge in [-0.2, -0.15) is 0 Å². The normalized spacial score (nSPS) is 10.5. The number of carbonyl (C=O) groups is 1. The second-order valence-corrected chi connectivity index (χ2v) is 7.40. The Morgan fingerprint density at radius 2 is 1.76 bits per heavy atom. The molecule has 0 bridgehead atoms. The Morgan fingerprint density at radius 1 is 1.00 bits per heavy atom. The van der Waals surface area contributed by atoms with E-state index in [-0.39, 0.29) is 5.91 Å². The molecule has 0 aliphatic heterocycles. The molecule has 0 saturated heterocycles. The monoisotopic (exact) mass is 411 g/mol. The van der Waals surface area contributed by atoms with Crippen LogP contribution >= 0.6 is 46.1 Å². The number of anilines is 1. The third kappa shape index (κ3) is 5.13. The lowest BCUT2D eigenvalue weighted by atomic mass is 10.3. The highest BCUT2D eigenvalue weighted by atomic mass is 35.5. The summed E-state index contributed by atoms with van der Waals surface area (Å²) in [4.78, 5) is 12.9. The standard InChI is InChI=1S/C18H12Cl3NO2S/c19-12-2-1-3-16(8-12)24-9-11-4-17(25-10-11)18(23)22-15-6-13(20)5-14(21)7-15/h1-8,10H,9H2,(H,22,23). The highest BCUT2D eigenvalue weighted by Crippen LogP contribution is 2.24. The van der Waals surface area contributed by atoms with Gasteiger partial charge in [-0.05, 0) is 47.8 Å². The van der Waals surface area contributed by atoms with E-state index in [9.17, 15) is 4.79 Å². The van der Waals surface area contributed by atoms with Crippen LogP contribution in [0.25, 0.3) is 0 Å². The number of halogens is 3. The summed E-state index contributed by atoms with van der Waals surface area (Å²) in [6.45, 7) is 0.354. The molecule has 3 nitrogen and oxygen atoms in total. The number of nitrogens with one attached hydrogen (secondary N) is 1. The Morgan fingerprint density at radius 3 is 2.48 bits per heavy atom. The molecule has 3 rings (SSSR count). The third-order valence-electron chi connectivity index (χ3n) is 3.20. The lowest BCUT2D eigenvalue weighted by molar-refractivity contribution is 0.103. The highest BCUT2D eigenvalue weighted by Gasteiger charge is 2.11. The van der Waals surface area contributed by atoms with Crippen molar-refractivity contribution >= 4 is 57.7 Å². The van der Waals surface area contributed by atoms with E-state index in [0.29, 0.717) is 38.0 Å². The van der Waals surface area contributed by atoms with Gasteiger partial charge in [-0.15, -0.1) is 11.3 Å². The number of carbonyl (C=O) groups excluding carboxylic acids is 1. The van der Waals surface area contributed by atoms with Gasteiger partial charge < -0.3 is 10.1 Å². The summed E-state index contributed by atoms with van der Waals surface area (Å²) < 4.78 is 5.67. The van der Waals surface area contributed by atoms with E-state index < -0.39 is 0 Å². The summed E-state index contributed by atoms with van der Waals surface area (Å²) >= 11 is 19.1. The molecule has 2 aromatic carbocycles. The maximum atomic E-state index is 12.3. The van der Waals surface area contributed by atoms with Gasteiger partial charge in [-0.1, -0.05) is 40.9 Å². The molecule has 1 heterocycles. The molecule has 0 aliphatic rings. The SMILES string of the molecule is O=C(Nc1cc(Cl)cc(Cl)c1)c1cc(COc2cccc(Cl)c2)cs1. The Balaban J connectivity index is 1.63. The van der Waals surface area contributed by atoms with Gasteiger partial charge in [-0.3, -0.25) is 4.79 Å². The minimum absolute atomic E-state index is 0.225. The van der Waals surface area contributed by atoms with E-state index in [4.69, 9.17) is 39.5 Å². The maximum Gasteiger partial charge on any atom is 0.265 e. The molecule has 0 aliphatic carbocycles. The number of benzene rings is 2. The Kier molecular flexibility index (Phi) is 5.86. The molecule has 0 atom stereocenters. The first-order valence-electron chi connectivity index (χ1n) is 7.23. The summed E-state index contributed by atoms with van der Waals surface area (Å²) in [5.41, 5.74) is 1.45. The lowest BCUT2D eigenvalue weighted by Crippen LogP contribution is -2.10. The van der Waals surface area contributed by atoms with Crippen molar-refractivity contribution in [3.05, 3.63) is 79.4 Å². The molecule has 3 aromatic rings. The van der Waals surface area contributed by atoms with Gasteiger partial charge >= 0.3 is 0 Å². The van der Waals surface area contributed by atoms with Crippen LogP contribution in [0.15, 0.2) is 53.9 Å². The Labute approximate surface area is 164 Å². The molecule has 0 radical (unpaired) electrons. The van der Waals surface area contributed by atoms with Crippen molar-refractivity contribution in [3.63, 3.8) is 0 Å². The lowest BCUT2D eigenvalue weighted by Gasteiger charge is -2.05. The molecule has 1 amide bonds. The van der Waals surface area contributed by atoms with Gasteiger partial charge in [0, 0.05) is 26.3 Å². The van der Waals surface area contributed by atoms with Crippen molar-refractivity contribution in [2.45, 2.75) is 6.61 Å². The second kappa shape index (κ2) is 8.11. The van der Waals surface area contributed by atoms with Crippen LogP contribution in [0, 0.1) is 0 Å². The van der Waals surface area contributed by atoms with E-state index in [2.05, 4.69) is 5.32 Å². The van der Waals surface area contributed by atoms with Gasteiger partial charge in [0.25, 0.3) is 5.91 Å². The predicted molar refractivity (Wildman–Crippen MR) is 105 cm³/mol. The van der Waals surface area contributed by atoms with Gasteiger partial charge in [0.15, 0.2) is 0 Å². The molecule has 1 aromatic heterocycles. The van der Waals surface area contributed by atoms with Crippen LogP contribution in [0.1, 0.15) is 15.2 Å². The first-order valence-corrected chi connectivity index (χ1v) is 9.24. The average molecular weight is 413 g/mol. The molecule has 0 spiro atoms. The number of hydrogen-bond acceptors (Lipinski definition) is 3. The number of amides is 1. The molecule has 25 heavy (non-hydrogen) atoms. The molecule has 0 unspecified atom stereocenters. The smallest absolute Gasteiger partial charge is 0.265 e. The van der Waals surface area contributed by atoms with Crippen molar-refractivity contribution in [1.29, 1.82) is 0 Å². The molecule has 0 saturated carbocycles. The fourth-order valence-corrected chi connectivity index (χ4v) is 3.61. The zero-order valence-electron chi connectivity index (χ0n) is 12.8. The number of rotatable bonds is 5. The largest absolute Gasteiger partial charge is 0.489 e. The molecular weight excluding hydrogens is 401 g/mol. The quantitative estimate of drug-likeness (QED) is 0.516. The number of hydrogen-bond donors (Lipinski definition) is 1. The minimum Gasteiger partial charge on any atom is -0.489 e. The summed E-state index contributed by atoms with van der Waals surface area (Å²) in [6, 6.07) is 13.8. The van der Waals surface area contributed by atoms with Crippen LogP contribution in [0.3, 0.4) is 0 Å². The summed E-state index contributed by atoms with van der Waals surface area (Å²) in [5, 5.41) is 6.20. The molecule has 7 heteroatoms.